The fraction of sp³-hybridized carbons (Fsp3) is 0.150. The Morgan fingerprint density at radius 2 is 2.07 bits per heavy atom. The number of aryl methyl sites for hydroxylation is 2. The number of aromatic nitrogens is 3. The molecule has 8 heteroatoms. The van der Waals surface area contributed by atoms with Crippen LogP contribution in [0.4, 0.5) is 4.39 Å². The summed E-state index contributed by atoms with van der Waals surface area (Å²) < 4.78 is 20.0. The fourth-order valence-corrected chi connectivity index (χ4v) is 3.76. The maximum absolute atomic E-state index is 13.1. The van der Waals surface area contributed by atoms with Gasteiger partial charge in [0.25, 0.3) is 5.91 Å². The molecule has 0 aliphatic heterocycles. The number of hydrogen-bond donors (Lipinski definition) is 1. The summed E-state index contributed by atoms with van der Waals surface area (Å²) >= 11 is 1.48. The van der Waals surface area contributed by atoms with Crippen LogP contribution in [0, 0.1) is 12.7 Å². The maximum atomic E-state index is 13.1. The van der Waals surface area contributed by atoms with E-state index in [2.05, 4.69) is 15.4 Å². The predicted octanol–water partition coefficient (Wildman–Crippen LogP) is 4.18. The quantitative estimate of drug-likeness (QED) is 0.549. The number of amides is 1. The molecule has 4 rings (SSSR count). The first-order valence-electron chi connectivity index (χ1n) is 8.59. The molecule has 0 radical (unpaired) electrons. The summed E-state index contributed by atoms with van der Waals surface area (Å²) in [5, 5.41) is 8.05. The number of nitrogens with zero attached hydrogens (tertiary/aromatic N) is 3. The zero-order valence-corrected chi connectivity index (χ0v) is 16.1. The Kier molecular flexibility index (Phi) is 4.79. The van der Waals surface area contributed by atoms with Crippen LogP contribution in [0.15, 0.2) is 53.1 Å². The van der Waals surface area contributed by atoms with Crippen LogP contribution in [-0.2, 0) is 13.6 Å². The van der Waals surface area contributed by atoms with Gasteiger partial charge in [0.1, 0.15) is 11.5 Å². The second kappa shape index (κ2) is 7.40. The molecule has 0 saturated carbocycles. The maximum Gasteiger partial charge on any atom is 0.269 e. The molecule has 0 saturated heterocycles. The smallest absolute Gasteiger partial charge is 0.269 e. The number of furan rings is 1. The van der Waals surface area contributed by atoms with Crippen molar-refractivity contribution >= 4 is 17.2 Å². The summed E-state index contributed by atoms with van der Waals surface area (Å²) in [4.78, 5) is 18.1. The van der Waals surface area contributed by atoms with Crippen LogP contribution >= 0.6 is 11.3 Å². The topological polar surface area (TPSA) is 73.0 Å². The Bertz CT molecular complexity index is 1110. The molecule has 4 aromatic rings. The van der Waals surface area contributed by atoms with Crippen LogP contribution in [0.25, 0.3) is 22.0 Å². The molecule has 0 atom stereocenters. The van der Waals surface area contributed by atoms with E-state index in [-0.39, 0.29) is 11.7 Å². The number of halogens is 1. The monoisotopic (exact) mass is 396 g/mol. The average molecular weight is 396 g/mol. The lowest BCUT2D eigenvalue weighted by atomic mass is 10.1. The van der Waals surface area contributed by atoms with Gasteiger partial charge in [-0.2, -0.15) is 5.10 Å². The van der Waals surface area contributed by atoms with Crippen molar-refractivity contribution in [1.29, 1.82) is 0 Å². The van der Waals surface area contributed by atoms with Gasteiger partial charge in [-0.25, -0.2) is 9.37 Å². The van der Waals surface area contributed by atoms with E-state index in [1.54, 1.807) is 31.5 Å². The predicted molar refractivity (Wildman–Crippen MR) is 104 cm³/mol. The Balaban J connectivity index is 1.48. The van der Waals surface area contributed by atoms with E-state index in [1.807, 2.05) is 19.1 Å². The Morgan fingerprint density at radius 3 is 2.79 bits per heavy atom. The van der Waals surface area contributed by atoms with Crippen LogP contribution < -0.4 is 5.32 Å². The summed E-state index contributed by atoms with van der Waals surface area (Å²) in [7, 11) is 1.70. The van der Waals surface area contributed by atoms with Gasteiger partial charge in [0, 0.05) is 17.5 Å². The highest BCUT2D eigenvalue weighted by Crippen LogP contribution is 2.28. The van der Waals surface area contributed by atoms with Crippen molar-refractivity contribution in [3.8, 4) is 22.0 Å². The Morgan fingerprint density at radius 1 is 1.29 bits per heavy atom. The zero-order chi connectivity index (χ0) is 19.7. The minimum Gasteiger partial charge on any atom is -0.462 e. The largest absolute Gasteiger partial charge is 0.462 e. The number of hydrogen-bond acceptors (Lipinski definition) is 5. The molecular weight excluding hydrogens is 379 g/mol. The van der Waals surface area contributed by atoms with Crippen molar-refractivity contribution in [2.45, 2.75) is 13.5 Å². The molecule has 0 bridgehead atoms. The highest BCUT2D eigenvalue weighted by molar-refractivity contribution is 7.15. The molecule has 3 heterocycles. The number of carbonyl (C=O) groups excluding carboxylic acids is 1. The minimum atomic E-state index is -0.313. The van der Waals surface area contributed by atoms with E-state index >= 15 is 0 Å². The summed E-state index contributed by atoms with van der Waals surface area (Å²) in [6.45, 7) is 2.27. The van der Waals surface area contributed by atoms with Crippen LogP contribution in [0.2, 0.25) is 0 Å². The second-order valence-electron chi connectivity index (χ2n) is 6.23. The lowest BCUT2D eigenvalue weighted by Crippen LogP contribution is -2.25. The third kappa shape index (κ3) is 3.59. The first-order valence-corrected chi connectivity index (χ1v) is 9.41. The van der Waals surface area contributed by atoms with Crippen molar-refractivity contribution in [2.75, 3.05) is 0 Å². The number of thiazole rings is 1. The van der Waals surface area contributed by atoms with Gasteiger partial charge in [-0.1, -0.05) is 0 Å². The normalized spacial score (nSPS) is 11.0. The third-order valence-electron chi connectivity index (χ3n) is 4.29. The molecule has 1 amide bonds. The Labute approximate surface area is 164 Å². The number of rotatable bonds is 5. The van der Waals surface area contributed by atoms with Crippen LogP contribution in [-0.4, -0.2) is 20.7 Å². The van der Waals surface area contributed by atoms with E-state index in [4.69, 9.17) is 4.42 Å². The molecule has 142 valence electrons. The van der Waals surface area contributed by atoms with E-state index in [9.17, 15) is 9.18 Å². The highest BCUT2D eigenvalue weighted by atomic mass is 32.1. The lowest BCUT2D eigenvalue weighted by molar-refractivity contribution is 0.0942. The summed E-state index contributed by atoms with van der Waals surface area (Å²) in [5.74, 6) is 0.156. The lowest BCUT2D eigenvalue weighted by Gasteiger charge is -2.04. The van der Waals surface area contributed by atoms with Gasteiger partial charge >= 0.3 is 0 Å². The fourth-order valence-electron chi connectivity index (χ4n) is 2.79. The highest BCUT2D eigenvalue weighted by Gasteiger charge is 2.16. The first kappa shape index (κ1) is 18.1. The van der Waals surface area contributed by atoms with E-state index in [0.717, 1.165) is 21.1 Å². The molecule has 0 aliphatic rings. The molecule has 0 unspecified atom stereocenters. The summed E-state index contributed by atoms with van der Waals surface area (Å²) in [6.07, 6.45) is 1.61. The number of nitrogens with one attached hydrogen (secondary N) is 1. The zero-order valence-electron chi connectivity index (χ0n) is 15.3. The van der Waals surface area contributed by atoms with Crippen molar-refractivity contribution in [3.05, 3.63) is 70.8 Å². The number of benzene rings is 1. The van der Waals surface area contributed by atoms with Crippen molar-refractivity contribution in [2.24, 2.45) is 7.05 Å². The molecule has 0 aliphatic carbocycles. The molecular formula is C20H17FN4O2S. The molecule has 6 nitrogen and oxygen atoms in total. The van der Waals surface area contributed by atoms with Gasteiger partial charge in [0.05, 0.1) is 24.2 Å². The van der Waals surface area contributed by atoms with Gasteiger partial charge < -0.3 is 9.73 Å². The SMILES string of the molecule is Cc1nc(-c2ccco2)sc1CNC(=O)c1cc(-c2ccc(F)cc2)nn1C. The van der Waals surface area contributed by atoms with Crippen LogP contribution in [0.3, 0.4) is 0 Å². The summed E-state index contributed by atoms with van der Waals surface area (Å²) in [6, 6.07) is 11.4. The van der Waals surface area contributed by atoms with Crippen LogP contribution in [0.5, 0.6) is 0 Å². The van der Waals surface area contributed by atoms with Crippen molar-refractivity contribution in [1.82, 2.24) is 20.1 Å². The van der Waals surface area contributed by atoms with Crippen LogP contribution in [0.1, 0.15) is 21.1 Å². The molecule has 0 fully saturated rings. The van der Waals surface area contributed by atoms with E-state index in [0.29, 0.717) is 23.7 Å². The average Bonchev–Trinajstić information content (AvgIpc) is 3.40. The third-order valence-corrected chi connectivity index (χ3v) is 5.46. The molecule has 28 heavy (non-hydrogen) atoms. The molecule has 1 N–H and O–H groups in total. The standard InChI is InChI=1S/C20H17FN4O2S/c1-12-18(28-20(23-12)17-4-3-9-27-17)11-22-19(26)16-10-15(24-25(16)2)13-5-7-14(21)8-6-13/h3-10H,11H2,1-2H3,(H,22,26). The van der Waals surface area contributed by atoms with E-state index in [1.165, 1.54) is 28.2 Å². The molecule has 1 aromatic carbocycles. The van der Waals surface area contributed by atoms with Gasteiger partial charge in [0.2, 0.25) is 0 Å². The number of carbonyl (C=O) groups is 1. The van der Waals surface area contributed by atoms with Gasteiger partial charge in [-0.15, -0.1) is 11.3 Å². The second-order valence-corrected chi connectivity index (χ2v) is 7.32. The van der Waals surface area contributed by atoms with Crippen molar-refractivity contribution in [3.63, 3.8) is 0 Å². The Hall–Kier alpha value is -3.26. The van der Waals surface area contributed by atoms with Gasteiger partial charge in [-0.3, -0.25) is 9.48 Å². The van der Waals surface area contributed by atoms with Gasteiger partial charge in [0.15, 0.2) is 10.8 Å². The molecule has 3 aromatic heterocycles. The summed E-state index contributed by atoms with van der Waals surface area (Å²) in [5.41, 5.74) is 2.64. The first-order chi connectivity index (χ1) is 13.5. The van der Waals surface area contributed by atoms with Crippen molar-refractivity contribution < 1.29 is 13.6 Å². The van der Waals surface area contributed by atoms with Gasteiger partial charge in [-0.05, 0) is 49.4 Å². The minimum absolute atomic E-state index is 0.240. The van der Waals surface area contributed by atoms with E-state index < -0.39 is 0 Å². The molecule has 0 spiro atoms.